The average molecular weight is 973 g/mol. The molecule has 63 heavy (non-hydrogen) atoms. The van der Waals surface area contributed by atoms with Crippen LogP contribution in [0, 0.1) is 13.8 Å². The molecule has 7 nitrogen and oxygen atoms in total. The van der Waals surface area contributed by atoms with E-state index >= 15 is 0 Å². The second-order valence-corrected chi connectivity index (χ2v) is 20.2. The number of amides is 2. The minimum atomic E-state index is -0.103. The summed E-state index contributed by atoms with van der Waals surface area (Å²) in [6.07, 6.45) is 1.62. The molecule has 0 bridgehead atoms. The van der Waals surface area contributed by atoms with E-state index in [1.165, 1.54) is 90.6 Å². The fraction of sp³-hybridized carbons (Fsp3) is 0.296. The Morgan fingerprint density at radius 2 is 1.27 bits per heavy atom. The van der Waals surface area contributed by atoms with E-state index in [0.29, 0.717) is 37.3 Å². The number of alkyl halides is 1. The maximum atomic E-state index is 12.1. The van der Waals surface area contributed by atoms with E-state index < -0.39 is 0 Å². The number of nitrogens with zero attached hydrogens (tertiary/aromatic N) is 1. The molecule has 0 aliphatic heterocycles. The fourth-order valence-electron chi connectivity index (χ4n) is 7.98. The van der Waals surface area contributed by atoms with Gasteiger partial charge in [0.15, 0.2) is 0 Å². The molecule has 5 aromatic carbocycles. The number of anilines is 1. The Morgan fingerprint density at radius 1 is 0.667 bits per heavy atom. The van der Waals surface area contributed by atoms with Crippen molar-refractivity contribution in [2.24, 2.45) is 0 Å². The van der Waals surface area contributed by atoms with E-state index in [0.717, 1.165) is 25.9 Å². The molecular weight excluding hydrogens is 910 g/mol. The van der Waals surface area contributed by atoms with Crippen LogP contribution in [0.4, 0.5) is 5.69 Å². The predicted octanol–water partition coefficient (Wildman–Crippen LogP) is 5.84. The maximum absolute atomic E-state index is 12.1. The second-order valence-electron chi connectivity index (χ2n) is 16.6. The van der Waals surface area contributed by atoms with Gasteiger partial charge in [0.05, 0.1) is 0 Å². The summed E-state index contributed by atoms with van der Waals surface area (Å²) in [5.41, 5.74) is 12.2. The van der Waals surface area contributed by atoms with Crippen LogP contribution in [0.1, 0.15) is 66.3 Å². The predicted molar refractivity (Wildman–Crippen MR) is 266 cm³/mol. The third-order valence-electron chi connectivity index (χ3n) is 11.6. The molecule has 0 aliphatic rings. The zero-order chi connectivity index (χ0) is 45.2. The molecule has 330 valence electrons. The van der Waals surface area contributed by atoms with Gasteiger partial charge in [0, 0.05) is 37.3 Å². The van der Waals surface area contributed by atoms with Crippen LogP contribution in [0.15, 0.2) is 115 Å². The molecule has 0 aliphatic carbocycles. The van der Waals surface area contributed by atoms with Gasteiger partial charge in [0.1, 0.15) is 0 Å². The first-order valence-electron chi connectivity index (χ1n) is 21.7. The molecule has 2 amide bonds. The molecule has 1 heterocycles. The van der Waals surface area contributed by atoms with Crippen molar-refractivity contribution >= 4 is 59.5 Å². The number of hydrogen-bond acceptors (Lipinski definition) is 6. The first-order chi connectivity index (χ1) is 30.3. The molecule has 0 saturated carbocycles. The number of carbonyl (C=O) groups is 2. The standard InChI is InChI=1S/C54H63IN5O2S/c1-34(2)53(61)58-25-13-23-56-31-49-45-15-11-12-16-46(45)50(32-57-24-14-26-59-54(62)35(3)4)48-29-40(18-21-47(48)49)41-30-51(63-33-41)52(44-22-19-42(60(9)10)28-37(44)6)43-20-17-39(27-36(43)5)38(7)55-8/h11-12,15-22,27-30,33,56-57H,1,3,13-14,23-26,31-32H2,2,4-10H3,(H,58,61)(H,59,62)/q-1/b39-38+,52-43+. The van der Waals surface area contributed by atoms with Crippen LogP contribution in [-0.4, -0.2) is 57.0 Å². The van der Waals surface area contributed by atoms with E-state index in [4.69, 9.17) is 0 Å². The van der Waals surface area contributed by atoms with Crippen LogP contribution in [0.25, 0.3) is 41.8 Å². The summed E-state index contributed by atoms with van der Waals surface area (Å²) in [6.45, 7) is 21.8. The first-order valence-corrected chi connectivity index (χ1v) is 25.8. The van der Waals surface area contributed by atoms with Crippen LogP contribution in [-0.2, 0) is 22.7 Å². The Labute approximate surface area is 388 Å². The van der Waals surface area contributed by atoms with E-state index in [1.807, 2.05) is 11.3 Å². The van der Waals surface area contributed by atoms with Crippen LogP contribution in [0.5, 0.6) is 0 Å². The van der Waals surface area contributed by atoms with E-state index in [-0.39, 0.29) is 33.0 Å². The molecule has 1 aromatic heterocycles. The van der Waals surface area contributed by atoms with Crippen LogP contribution >= 0.6 is 11.3 Å². The molecule has 9 heteroatoms. The summed E-state index contributed by atoms with van der Waals surface area (Å²) >= 11 is 1.83. The summed E-state index contributed by atoms with van der Waals surface area (Å²) < 4.78 is 1.50. The Bertz CT molecular complexity index is 2800. The van der Waals surface area contributed by atoms with E-state index in [2.05, 4.69) is 169 Å². The SMILES string of the molecule is C=C(C)C(=O)NCCCNCc1c2ccccc2c(CNCCCNC(=O)C(=C)C)c2cc(-c3csc(/C(c4ccc(N(C)C)cc4C)=c4\cc/c(=C(/C)[I-]C)cc4C)c3)ccc12. The second kappa shape index (κ2) is 22.0. The van der Waals surface area contributed by atoms with Crippen molar-refractivity contribution < 1.29 is 30.8 Å². The van der Waals surface area contributed by atoms with Crippen LogP contribution < -0.4 is 57.8 Å². The number of hydrogen-bond donors (Lipinski definition) is 4. The van der Waals surface area contributed by atoms with Crippen LogP contribution in [0.3, 0.4) is 0 Å². The zero-order valence-corrected chi connectivity index (χ0v) is 41.3. The van der Waals surface area contributed by atoms with E-state index in [1.54, 1.807) is 13.8 Å². The molecule has 6 rings (SSSR count). The Morgan fingerprint density at radius 3 is 1.83 bits per heavy atom. The minimum absolute atomic E-state index is 0.0191. The van der Waals surface area contributed by atoms with Gasteiger partial charge < -0.3 is 21.3 Å². The number of fused-ring (bicyclic) bond motifs is 2. The van der Waals surface area contributed by atoms with Crippen LogP contribution in [0.2, 0.25) is 0 Å². The third-order valence-corrected chi connectivity index (χ3v) is 14.8. The molecule has 0 spiro atoms. The summed E-state index contributed by atoms with van der Waals surface area (Å²) in [7, 11) is 4.19. The summed E-state index contributed by atoms with van der Waals surface area (Å²) in [5, 5.41) is 23.1. The number of aryl methyl sites for hydroxylation is 2. The molecule has 0 unspecified atom stereocenters. The average Bonchev–Trinajstić information content (AvgIpc) is 3.76. The number of thiophene rings is 1. The van der Waals surface area contributed by atoms with Gasteiger partial charge >= 0.3 is 207 Å². The summed E-state index contributed by atoms with van der Waals surface area (Å²) in [5.74, 6) is -0.205. The van der Waals surface area contributed by atoms with Gasteiger partial charge in [-0.1, -0.05) is 37.4 Å². The normalized spacial score (nSPS) is 12.4. The quantitative estimate of drug-likeness (QED) is 0.0270. The van der Waals surface area contributed by atoms with Crippen molar-refractivity contribution in [1.82, 2.24) is 21.3 Å². The topological polar surface area (TPSA) is 85.5 Å². The van der Waals surface area contributed by atoms with E-state index in [9.17, 15) is 9.59 Å². The van der Waals surface area contributed by atoms with Gasteiger partial charge in [-0.2, -0.15) is 0 Å². The van der Waals surface area contributed by atoms with Gasteiger partial charge in [0.2, 0.25) is 11.8 Å². The molecule has 6 aromatic rings. The van der Waals surface area contributed by atoms with Crippen molar-refractivity contribution in [3.63, 3.8) is 0 Å². The zero-order valence-electron chi connectivity index (χ0n) is 38.3. The summed E-state index contributed by atoms with van der Waals surface area (Å²) in [4.78, 5) is 29.9. The van der Waals surface area contributed by atoms with Crippen molar-refractivity contribution in [2.75, 3.05) is 50.1 Å². The van der Waals surface area contributed by atoms with Crippen molar-refractivity contribution in [3.8, 4) is 11.1 Å². The monoisotopic (exact) mass is 972 g/mol. The number of carbonyl (C=O) groups excluding carboxylic acids is 2. The molecular formula is C54H63IN5O2S-. The molecule has 0 radical (unpaired) electrons. The van der Waals surface area contributed by atoms with Crippen molar-refractivity contribution in [3.05, 3.63) is 158 Å². The smallest absolute Gasteiger partial charge is 0.0129 e. The Kier molecular flexibility index (Phi) is 16.6. The Balaban J connectivity index is 1.42. The van der Waals surface area contributed by atoms with Gasteiger partial charge in [-0.05, 0) is 67.1 Å². The first kappa shape index (κ1) is 47.4. The minimum Gasteiger partial charge on any atom is -0.0129 e. The number of benzene rings is 5. The van der Waals surface area contributed by atoms with Gasteiger partial charge in [-0.15, -0.1) is 0 Å². The molecule has 0 fully saturated rings. The molecule has 4 N–H and O–H groups in total. The number of halogens is 1. The fourth-order valence-corrected chi connectivity index (χ4v) is 9.93. The van der Waals surface area contributed by atoms with Gasteiger partial charge in [-0.3, -0.25) is 9.59 Å². The van der Waals surface area contributed by atoms with Crippen molar-refractivity contribution in [1.29, 1.82) is 0 Å². The molecule has 0 atom stereocenters. The summed E-state index contributed by atoms with van der Waals surface area (Å²) in [6, 6.07) is 31.9. The number of nitrogens with one attached hydrogen (secondary N) is 4. The number of rotatable bonds is 19. The third kappa shape index (κ3) is 11.6. The van der Waals surface area contributed by atoms with Gasteiger partial charge in [-0.25, -0.2) is 0 Å². The van der Waals surface area contributed by atoms with Crippen molar-refractivity contribution in [2.45, 2.75) is 60.5 Å². The van der Waals surface area contributed by atoms with Gasteiger partial charge in [0.25, 0.3) is 0 Å². The Hall–Kier alpha value is -5.07. The molecule has 0 saturated heterocycles.